The molecule has 1 aliphatic carbocycles. The first kappa shape index (κ1) is 23.1. The van der Waals surface area contributed by atoms with Gasteiger partial charge in [0.05, 0.1) is 23.6 Å². The Morgan fingerprint density at radius 3 is 2.74 bits per heavy atom. The van der Waals surface area contributed by atoms with Gasteiger partial charge in [-0.3, -0.25) is 15.1 Å². The molecule has 1 fully saturated rings. The van der Waals surface area contributed by atoms with E-state index in [1.807, 2.05) is 0 Å². The highest BCUT2D eigenvalue weighted by molar-refractivity contribution is 6.30. The zero-order valence-corrected chi connectivity index (χ0v) is 19.2. The van der Waals surface area contributed by atoms with Gasteiger partial charge >= 0.3 is 6.09 Å². The number of aromatic nitrogens is 5. The van der Waals surface area contributed by atoms with E-state index in [0.29, 0.717) is 35.5 Å². The molecular weight excluding hydrogens is 460 g/mol. The molecule has 1 saturated carbocycles. The van der Waals surface area contributed by atoms with E-state index < -0.39 is 12.2 Å². The van der Waals surface area contributed by atoms with Crippen LogP contribution in [0, 0.1) is 23.2 Å². The summed E-state index contributed by atoms with van der Waals surface area (Å²) in [7, 11) is 1.62. The summed E-state index contributed by atoms with van der Waals surface area (Å²) in [6.07, 6.45) is 2.84. The molecule has 1 atom stereocenters. The van der Waals surface area contributed by atoms with E-state index in [1.54, 1.807) is 44.4 Å². The van der Waals surface area contributed by atoms with Crippen molar-refractivity contribution in [2.45, 2.75) is 25.9 Å². The average molecular weight is 481 g/mol. The van der Waals surface area contributed by atoms with Gasteiger partial charge in [0.25, 0.3) is 0 Å². The first-order valence-electron chi connectivity index (χ1n) is 10.5. The fraction of sp³-hybridized carbons (Fsp3) is 0.318. The van der Waals surface area contributed by atoms with E-state index in [0.717, 1.165) is 0 Å². The monoisotopic (exact) mass is 480 g/mol. The predicted octanol–water partition coefficient (Wildman–Crippen LogP) is 3.72. The summed E-state index contributed by atoms with van der Waals surface area (Å²) in [4.78, 5) is 33.1. The largest absolute Gasteiger partial charge is 0.441 e. The van der Waals surface area contributed by atoms with Crippen LogP contribution < -0.4 is 10.6 Å². The first-order chi connectivity index (χ1) is 16.4. The summed E-state index contributed by atoms with van der Waals surface area (Å²) >= 11 is 6.07. The van der Waals surface area contributed by atoms with Gasteiger partial charge in [0.2, 0.25) is 5.91 Å². The van der Waals surface area contributed by atoms with E-state index in [-0.39, 0.29) is 28.7 Å². The smallest absolute Gasteiger partial charge is 0.413 e. The molecule has 1 aliphatic rings. The van der Waals surface area contributed by atoms with Gasteiger partial charge in [-0.05, 0) is 38.0 Å². The van der Waals surface area contributed by atoms with E-state index >= 15 is 0 Å². The Labute approximate surface area is 200 Å². The van der Waals surface area contributed by atoms with Crippen LogP contribution in [0.15, 0.2) is 36.7 Å². The molecule has 0 saturated heterocycles. The predicted molar refractivity (Wildman–Crippen MR) is 122 cm³/mol. The van der Waals surface area contributed by atoms with Crippen molar-refractivity contribution in [2.75, 3.05) is 10.6 Å². The van der Waals surface area contributed by atoms with Crippen LogP contribution in [-0.4, -0.2) is 37.0 Å². The number of ether oxygens (including phenoxy) is 1. The van der Waals surface area contributed by atoms with Gasteiger partial charge in [0.1, 0.15) is 11.3 Å². The summed E-state index contributed by atoms with van der Waals surface area (Å²) < 4.78 is 6.81. The molecule has 1 unspecified atom stereocenters. The Hall–Kier alpha value is -4.04. The molecule has 2 amide bonds. The third-order valence-electron chi connectivity index (χ3n) is 5.52. The van der Waals surface area contributed by atoms with Crippen molar-refractivity contribution >= 4 is 35.1 Å². The van der Waals surface area contributed by atoms with Crippen molar-refractivity contribution in [3.63, 3.8) is 0 Å². The Balaban J connectivity index is 1.41. The van der Waals surface area contributed by atoms with Gasteiger partial charge in [-0.2, -0.15) is 5.26 Å². The van der Waals surface area contributed by atoms with Crippen LogP contribution in [0.3, 0.4) is 0 Å². The van der Waals surface area contributed by atoms with E-state index in [2.05, 4.69) is 37.0 Å². The summed E-state index contributed by atoms with van der Waals surface area (Å²) in [5, 5.41) is 22.6. The fourth-order valence-electron chi connectivity index (χ4n) is 3.51. The number of carbonyl (C=O) groups excluding carboxylic acids is 2. The number of pyridine rings is 2. The second-order valence-electron chi connectivity index (χ2n) is 7.88. The first-order valence-corrected chi connectivity index (χ1v) is 10.9. The molecule has 174 valence electrons. The number of aryl methyl sites for hydroxylation is 1. The fourth-order valence-corrected chi connectivity index (χ4v) is 3.78. The molecule has 12 heteroatoms. The van der Waals surface area contributed by atoms with Crippen molar-refractivity contribution in [1.29, 1.82) is 5.26 Å². The van der Waals surface area contributed by atoms with Crippen molar-refractivity contribution in [3.05, 3.63) is 47.4 Å². The van der Waals surface area contributed by atoms with Gasteiger partial charge in [0, 0.05) is 30.6 Å². The number of nitrogens with one attached hydrogen (secondary N) is 2. The molecular formula is C22H21ClN8O3. The van der Waals surface area contributed by atoms with Gasteiger partial charge in [-0.25, -0.2) is 14.5 Å². The molecule has 0 bridgehead atoms. The topological polar surface area (TPSA) is 148 Å². The Bertz CT molecular complexity index is 1250. The summed E-state index contributed by atoms with van der Waals surface area (Å²) in [5.41, 5.74) is 1.87. The van der Waals surface area contributed by atoms with Crippen LogP contribution >= 0.6 is 11.6 Å². The summed E-state index contributed by atoms with van der Waals surface area (Å²) in [5.74, 6) is -0.0470. The lowest BCUT2D eigenvalue weighted by Gasteiger charge is -2.29. The van der Waals surface area contributed by atoms with Crippen molar-refractivity contribution < 1.29 is 14.3 Å². The minimum atomic E-state index is -0.723. The maximum atomic E-state index is 12.5. The molecule has 3 aromatic rings. The maximum absolute atomic E-state index is 12.5. The number of carbonyl (C=O) groups is 2. The quantitative estimate of drug-likeness (QED) is 0.507. The lowest BCUT2D eigenvalue weighted by molar-refractivity contribution is -0.123. The van der Waals surface area contributed by atoms with E-state index in [1.165, 1.54) is 10.9 Å². The number of anilines is 2. The van der Waals surface area contributed by atoms with Crippen molar-refractivity contribution in [1.82, 2.24) is 25.0 Å². The maximum Gasteiger partial charge on any atom is 0.413 e. The van der Waals surface area contributed by atoms with Crippen LogP contribution in [-0.2, 0) is 16.6 Å². The summed E-state index contributed by atoms with van der Waals surface area (Å²) in [6.45, 7) is 1.68. The number of halogens is 1. The number of rotatable bonds is 6. The molecule has 3 heterocycles. The average Bonchev–Trinajstić information content (AvgIpc) is 3.13. The Morgan fingerprint density at radius 1 is 1.26 bits per heavy atom. The molecule has 4 rings (SSSR count). The molecule has 2 N–H and O–H groups in total. The molecule has 0 spiro atoms. The Morgan fingerprint density at radius 2 is 2.06 bits per heavy atom. The molecule has 0 radical (unpaired) electrons. The minimum absolute atomic E-state index is 0.0464. The Kier molecular flexibility index (Phi) is 6.70. The second kappa shape index (κ2) is 9.84. The van der Waals surface area contributed by atoms with Crippen molar-refractivity contribution in [3.8, 4) is 17.5 Å². The minimum Gasteiger partial charge on any atom is -0.441 e. The van der Waals surface area contributed by atoms with Crippen LogP contribution in [0.1, 0.15) is 31.4 Å². The van der Waals surface area contributed by atoms with Crippen LogP contribution in [0.4, 0.5) is 16.3 Å². The third-order valence-corrected chi connectivity index (χ3v) is 5.84. The van der Waals surface area contributed by atoms with Gasteiger partial charge < -0.3 is 10.1 Å². The highest BCUT2D eigenvalue weighted by atomic mass is 35.5. The summed E-state index contributed by atoms with van der Waals surface area (Å²) in [6, 6.07) is 8.93. The highest BCUT2D eigenvalue weighted by Crippen LogP contribution is 2.34. The van der Waals surface area contributed by atoms with E-state index in [9.17, 15) is 9.59 Å². The van der Waals surface area contributed by atoms with Crippen LogP contribution in [0.25, 0.3) is 11.4 Å². The number of hydrogen-bond acceptors (Lipinski definition) is 8. The SMILES string of the molecule is CC(OC(=O)Nc1c(-c2ccc(NC(=O)C3CC(C#N)C3)cn2)nnn1C)c1cccnc1Cl. The lowest BCUT2D eigenvalue weighted by atomic mass is 9.75. The van der Waals surface area contributed by atoms with Gasteiger partial charge in [0.15, 0.2) is 11.5 Å². The molecule has 11 nitrogen and oxygen atoms in total. The molecule has 3 aromatic heterocycles. The zero-order valence-electron chi connectivity index (χ0n) is 18.4. The van der Waals surface area contributed by atoms with Crippen LogP contribution in [0.5, 0.6) is 0 Å². The molecule has 34 heavy (non-hydrogen) atoms. The molecule has 0 aromatic carbocycles. The van der Waals surface area contributed by atoms with E-state index in [4.69, 9.17) is 21.6 Å². The number of hydrogen-bond donors (Lipinski definition) is 2. The second-order valence-corrected chi connectivity index (χ2v) is 8.24. The van der Waals surface area contributed by atoms with Gasteiger partial charge in [-0.15, -0.1) is 5.10 Å². The number of nitriles is 1. The zero-order chi connectivity index (χ0) is 24.2. The van der Waals surface area contributed by atoms with Crippen molar-refractivity contribution in [2.24, 2.45) is 18.9 Å². The standard InChI is InChI=1S/C22H21ClN8O3/c1-12(16-4-3-7-25-19(16)23)34-22(33)28-20-18(29-30-31(20)2)17-6-5-15(11-26-17)27-21(32)14-8-13(9-14)10-24/h3-7,11-14H,8-9H2,1-2H3,(H,27,32)(H,28,33). The highest BCUT2D eigenvalue weighted by Gasteiger charge is 2.34. The number of amides is 2. The third kappa shape index (κ3) is 4.97. The van der Waals surface area contributed by atoms with Gasteiger partial charge in [-0.1, -0.05) is 22.9 Å². The normalized spacial score (nSPS) is 17.7. The van der Waals surface area contributed by atoms with Crippen LogP contribution in [0.2, 0.25) is 5.15 Å². The molecule has 0 aliphatic heterocycles. The number of nitrogens with zero attached hydrogens (tertiary/aromatic N) is 6. The lowest BCUT2D eigenvalue weighted by Crippen LogP contribution is -2.33.